The van der Waals surface area contributed by atoms with Crippen LogP contribution in [0.3, 0.4) is 0 Å². The van der Waals surface area contributed by atoms with E-state index in [1.807, 2.05) is 5.32 Å². The third-order valence-electron chi connectivity index (χ3n) is 1.05. The first-order chi connectivity index (χ1) is 5.00. The maximum absolute atomic E-state index is 10.5. The van der Waals surface area contributed by atoms with Gasteiger partial charge in [-0.05, 0) is 0 Å². The van der Waals surface area contributed by atoms with Gasteiger partial charge in [0.15, 0.2) is 0 Å². The highest BCUT2D eigenvalue weighted by Gasteiger charge is 2.24. The second-order valence-corrected chi connectivity index (χ2v) is 3.40. The highest BCUT2D eigenvalue weighted by Crippen LogP contribution is 1.94. The second-order valence-electron chi connectivity index (χ2n) is 1.90. The maximum atomic E-state index is 10.5. The lowest BCUT2D eigenvalue weighted by Gasteiger charge is -2.17. The molecule has 7 heteroatoms. The Hall–Kier alpha value is -1.08. The molecule has 1 rings (SSSR count). The van der Waals surface area contributed by atoms with Gasteiger partial charge in [0.1, 0.15) is 0 Å². The summed E-state index contributed by atoms with van der Waals surface area (Å²) in [6, 6.07) is 0. The van der Waals surface area contributed by atoms with Gasteiger partial charge in [0.05, 0.1) is 0 Å². The Morgan fingerprint density at radius 3 is 2.55 bits per heavy atom. The van der Waals surface area contributed by atoms with Crippen molar-refractivity contribution in [2.45, 2.75) is 5.50 Å². The number of amides is 1. The topological polar surface area (TPSA) is 95.5 Å². The van der Waals surface area contributed by atoms with Gasteiger partial charge in [0.2, 0.25) is 11.4 Å². The molecule has 0 aromatic carbocycles. The summed E-state index contributed by atoms with van der Waals surface area (Å²) in [6.07, 6.45) is 2.26. The zero-order valence-electron chi connectivity index (χ0n) is 5.31. The van der Waals surface area contributed by atoms with Crippen molar-refractivity contribution in [3.8, 4) is 0 Å². The molecule has 1 amide bonds. The van der Waals surface area contributed by atoms with Crippen molar-refractivity contribution < 1.29 is 17.8 Å². The molecule has 0 saturated carbocycles. The lowest BCUT2D eigenvalue weighted by molar-refractivity contribution is -0.117. The van der Waals surface area contributed by atoms with E-state index in [2.05, 4.69) is 5.32 Å². The highest BCUT2D eigenvalue weighted by atomic mass is 32.2. The van der Waals surface area contributed by atoms with Crippen molar-refractivity contribution in [2.24, 2.45) is 0 Å². The molecule has 0 bridgehead atoms. The molecular formula is C4H6N2O4S. The molecule has 1 heterocycles. The first kappa shape index (κ1) is 8.02. The maximum Gasteiger partial charge on any atom is 0.305 e. The van der Waals surface area contributed by atoms with Crippen LogP contribution in [0.4, 0.5) is 0 Å². The van der Waals surface area contributed by atoms with Gasteiger partial charge in [0.25, 0.3) is 0 Å². The smallest absolute Gasteiger partial charge is 0.305 e. The number of nitrogens with one attached hydrogen (secondary N) is 2. The minimum atomic E-state index is -4.25. The summed E-state index contributed by atoms with van der Waals surface area (Å²) in [6.45, 7) is 0. The molecule has 1 aliphatic rings. The van der Waals surface area contributed by atoms with Gasteiger partial charge in [0, 0.05) is 12.3 Å². The van der Waals surface area contributed by atoms with Crippen molar-refractivity contribution in [3.05, 3.63) is 12.3 Å². The molecule has 0 aliphatic carbocycles. The molecule has 0 fully saturated rings. The fourth-order valence-corrected chi connectivity index (χ4v) is 1.11. The Balaban J connectivity index is 2.80. The number of carbonyl (C=O) groups is 1. The fraction of sp³-hybridized carbons (Fsp3) is 0.250. The van der Waals surface area contributed by atoms with Crippen LogP contribution in [0.2, 0.25) is 0 Å². The largest absolute Gasteiger partial charge is 0.357 e. The van der Waals surface area contributed by atoms with Crippen molar-refractivity contribution in [1.82, 2.24) is 10.6 Å². The second kappa shape index (κ2) is 2.51. The zero-order valence-corrected chi connectivity index (χ0v) is 6.13. The van der Waals surface area contributed by atoms with E-state index in [4.69, 9.17) is 4.55 Å². The molecule has 1 atom stereocenters. The average molecular weight is 178 g/mol. The van der Waals surface area contributed by atoms with E-state index in [0.29, 0.717) is 0 Å². The number of hydrogen-bond donors (Lipinski definition) is 3. The predicted octanol–water partition coefficient (Wildman–Crippen LogP) is -1.61. The predicted molar refractivity (Wildman–Crippen MR) is 35.8 cm³/mol. The van der Waals surface area contributed by atoms with Gasteiger partial charge in [-0.25, -0.2) is 0 Å². The molecular weight excluding hydrogens is 172 g/mol. The lowest BCUT2D eigenvalue weighted by atomic mass is 10.5. The monoisotopic (exact) mass is 178 g/mol. The summed E-state index contributed by atoms with van der Waals surface area (Å²) in [5, 5.41) is 4.22. The van der Waals surface area contributed by atoms with E-state index in [-0.39, 0.29) is 0 Å². The Morgan fingerprint density at radius 2 is 2.18 bits per heavy atom. The number of rotatable bonds is 1. The van der Waals surface area contributed by atoms with Gasteiger partial charge in [-0.2, -0.15) is 8.42 Å². The van der Waals surface area contributed by atoms with E-state index < -0.39 is 21.5 Å². The van der Waals surface area contributed by atoms with Crippen LogP contribution in [-0.4, -0.2) is 24.4 Å². The molecule has 0 saturated heterocycles. The van der Waals surface area contributed by atoms with Crippen LogP contribution in [0.15, 0.2) is 12.3 Å². The lowest BCUT2D eigenvalue weighted by Crippen LogP contribution is -2.50. The van der Waals surface area contributed by atoms with Gasteiger partial charge >= 0.3 is 10.1 Å². The Morgan fingerprint density at radius 1 is 1.55 bits per heavy atom. The molecule has 0 spiro atoms. The van der Waals surface area contributed by atoms with E-state index >= 15 is 0 Å². The van der Waals surface area contributed by atoms with Crippen LogP contribution in [0.1, 0.15) is 0 Å². The third kappa shape index (κ3) is 1.92. The first-order valence-electron chi connectivity index (χ1n) is 2.69. The van der Waals surface area contributed by atoms with Crippen LogP contribution in [0.5, 0.6) is 0 Å². The van der Waals surface area contributed by atoms with Crippen molar-refractivity contribution in [3.63, 3.8) is 0 Å². The Kier molecular flexibility index (Phi) is 1.83. The third-order valence-corrected chi connectivity index (χ3v) is 1.90. The summed E-state index contributed by atoms with van der Waals surface area (Å²) in [7, 11) is -4.25. The SMILES string of the molecule is O=C1C=CNC(S(=O)(=O)O)N1. The molecule has 11 heavy (non-hydrogen) atoms. The average Bonchev–Trinajstić information content (AvgIpc) is 1.86. The number of carbonyl (C=O) groups excluding carboxylic acids is 1. The Labute approximate surface area is 63.0 Å². The summed E-state index contributed by atoms with van der Waals surface area (Å²) in [4.78, 5) is 10.5. The Bertz CT molecular complexity index is 293. The number of hydrogen-bond acceptors (Lipinski definition) is 4. The molecule has 1 aliphatic heterocycles. The van der Waals surface area contributed by atoms with Gasteiger partial charge < -0.3 is 10.6 Å². The van der Waals surface area contributed by atoms with E-state index in [9.17, 15) is 13.2 Å². The fourth-order valence-electron chi connectivity index (χ4n) is 0.591. The van der Waals surface area contributed by atoms with E-state index in [0.717, 1.165) is 12.3 Å². The van der Waals surface area contributed by atoms with E-state index in [1.165, 1.54) is 0 Å². The summed E-state index contributed by atoms with van der Waals surface area (Å²) < 4.78 is 29.2. The molecule has 62 valence electrons. The zero-order chi connectivity index (χ0) is 8.48. The van der Waals surface area contributed by atoms with Crippen LogP contribution in [-0.2, 0) is 14.9 Å². The molecule has 0 aromatic heterocycles. The van der Waals surface area contributed by atoms with Crippen LogP contribution in [0, 0.1) is 0 Å². The van der Waals surface area contributed by atoms with E-state index in [1.54, 1.807) is 0 Å². The van der Waals surface area contributed by atoms with Crippen LogP contribution >= 0.6 is 0 Å². The molecule has 3 N–H and O–H groups in total. The van der Waals surface area contributed by atoms with Crippen molar-refractivity contribution >= 4 is 16.0 Å². The van der Waals surface area contributed by atoms with Gasteiger partial charge in [-0.3, -0.25) is 9.35 Å². The molecule has 1 unspecified atom stereocenters. The summed E-state index contributed by atoms with van der Waals surface area (Å²) in [5.74, 6) is -0.564. The van der Waals surface area contributed by atoms with Crippen LogP contribution < -0.4 is 10.6 Å². The van der Waals surface area contributed by atoms with Crippen LogP contribution in [0.25, 0.3) is 0 Å². The highest BCUT2D eigenvalue weighted by molar-refractivity contribution is 7.86. The first-order valence-corrected chi connectivity index (χ1v) is 4.20. The molecule has 0 aromatic rings. The standard InChI is InChI=1S/C4H6N2O4S/c7-3-1-2-5-4(6-3)11(8,9)10/h1-2,4-5H,(H,6,7)(H,8,9,10). The molecule has 6 nitrogen and oxygen atoms in total. The van der Waals surface area contributed by atoms with Crippen molar-refractivity contribution in [2.75, 3.05) is 0 Å². The van der Waals surface area contributed by atoms with Crippen molar-refractivity contribution in [1.29, 1.82) is 0 Å². The summed E-state index contributed by atoms with van der Waals surface area (Å²) >= 11 is 0. The molecule has 0 radical (unpaired) electrons. The summed E-state index contributed by atoms with van der Waals surface area (Å²) in [5.41, 5.74) is -1.43. The minimum absolute atomic E-state index is 0.564. The minimum Gasteiger partial charge on any atom is -0.357 e. The normalized spacial score (nSPS) is 24.1. The van der Waals surface area contributed by atoms with Gasteiger partial charge in [-0.15, -0.1) is 0 Å². The quantitative estimate of drug-likeness (QED) is 0.420. The van der Waals surface area contributed by atoms with Gasteiger partial charge in [-0.1, -0.05) is 0 Å².